The van der Waals surface area contributed by atoms with Gasteiger partial charge in [0.25, 0.3) is 17.4 Å². The van der Waals surface area contributed by atoms with E-state index in [1.165, 1.54) is 24.3 Å². The highest BCUT2D eigenvalue weighted by atomic mass is 16.4. The summed E-state index contributed by atoms with van der Waals surface area (Å²) in [5.74, 6) is -2.36. The number of hydrogen-bond acceptors (Lipinski definition) is 5. The van der Waals surface area contributed by atoms with Gasteiger partial charge in [-0.05, 0) is 29.8 Å². The quantitative estimate of drug-likeness (QED) is 0.328. The first-order valence-corrected chi connectivity index (χ1v) is 10.6. The standard InChI is InChI=1S/C26H20N4O5/c31-20(32)15-27-24(33)18-11-13-19(14-12-18)28-25(34)22-21(16-7-3-1-4-8-16)23(29-30-26(22)35)17-9-5-2-6-10-17/h1-14H,15H2,(H,27,33)(H,28,34)(H,30,35)(H,31,32). The highest BCUT2D eigenvalue weighted by Crippen LogP contribution is 2.31. The summed E-state index contributed by atoms with van der Waals surface area (Å²) >= 11 is 0. The summed E-state index contributed by atoms with van der Waals surface area (Å²) in [6.07, 6.45) is 0. The molecule has 0 radical (unpaired) electrons. The molecule has 0 saturated carbocycles. The first kappa shape index (κ1) is 23.1. The van der Waals surface area contributed by atoms with Crippen molar-refractivity contribution in [2.24, 2.45) is 0 Å². The fourth-order valence-electron chi connectivity index (χ4n) is 3.51. The molecule has 4 rings (SSSR count). The molecule has 1 aromatic heterocycles. The average Bonchev–Trinajstić information content (AvgIpc) is 2.88. The molecule has 35 heavy (non-hydrogen) atoms. The summed E-state index contributed by atoms with van der Waals surface area (Å²) in [5.41, 5.74) is 2.05. The van der Waals surface area contributed by atoms with Crippen LogP contribution in [-0.2, 0) is 4.79 Å². The zero-order chi connectivity index (χ0) is 24.8. The minimum atomic E-state index is -1.16. The lowest BCUT2D eigenvalue weighted by Crippen LogP contribution is -2.29. The van der Waals surface area contributed by atoms with Crippen LogP contribution in [0.2, 0.25) is 0 Å². The lowest BCUT2D eigenvalue weighted by molar-refractivity contribution is -0.135. The second kappa shape index (κ2) is 10.3. The summed E-state index contributed by atoms with van der Waals surface area (Å²) in [6.45, 7) is -0.506. The van der Waals surface area contributed by atoms with Gasteiger partial charge in [0.15, 0.2) is 0 Å². The molecule has 0 unspecified atom stereocenters. The fraction of sp³-hybridized carbons (Fsp3) is 0.0385. The third-order valence-electron chi connectivity index (χ3n) is 5.12. The number of carboxylic acids is 1. The molecular weight excluding hydrogens is 448 g/mol. The van der Waals surface area contributed by atoms with E-state index in [9.17, 15) is 19.2 Å². The minimum absolute atomic E-state index is 0.103. The third kappa shape index (κ3) is 5.31. The number of aliphatic carboxylic acids is 1. The van der Waals surface area contributed by atoms with Gasteiger partial charge in [-0.25, -0.2) is 5.10 Å². The number of amides is 2. The SMILES string of the molecule is O=C(O)CNC(=O)c1ccc(NC(=O)c2c(-c3ccccc3)c(-c3ccccc3)n[nH]c2=O)cc1. The van der Waals surface area contributed by atoms with E-state index < -0.39 is 29.9 Å². The maximum Gasteiger partial charge on any atom is 0.322 e. The molecule has 4 aromatic rings. The molecule has 0 saturated heterocycles. The van der Waals surface area contributed by atoms with E-state index in [1.54, 1.807) is 24.3 Å². The number of benzene rings is 3. The van der Waals surface area contributed by atoms with Gasteiger partial charge in [0, 0.05) is 22.4 Å². The number of nitrogens with zero attached hydrogens (tertiary/aromatic N) is 1. The predicted molar refractivity (Wildman–Crippen MR) is 130 cm³/mol. The van der Waals surface area contributed by atoms with Gasteiger partial charge in [0.1, 0.15) is 12.1 Å². The van der Waals surface area contributed by atoms with E-state index in [4.69, 9.17) is 5.11 Å². The summed E-state index contributed by atoms with van der Waals surface area (Å²) in [4.78, 5) is 48.8. The zero-order valence-corrected chi connectivity index (χ0v) is 18.3. The van der Waals surface area contributed by atoms with E-state index in [1.807, 2.05) is 36.4 Å². The van der Waals surface area contributed by atoms with Crippen molar-refractivity contribution in [3.05, 3.63) is 106 Å². The van der Waals surface area contributed by atoms with E-state index in [2.05, 4.69) is 20.8 Å². The van der Waals surface area contributed by atoms with E-state index in [0.717, 1.165) is 5.56 Å². The molecule has 0 bridgehead atoms. The van der Waals surface area contributed by atoms with Crippen molar-refractivity contribution in [2.45, 2.75) is 0 Å². The molecule has 1 heterocycles. The van der Waals surface area contributed by atoms with Gasteiger partial charge < -0.3 is 15.7 Å². The monoisotopic (exact) mass is 468 g/mol. The Hall–Kier alpha value is -5.05. The number of anilines is 1. The maximum absolute atomic E-state index is 13.3. The zero-order valence-electron chi connectivity index (χ0n) is 18.3. The van der Waals surface area contributed by atoms with Crippen LogP contribution in [0.4, 0.5) is 5.69 Å². The summed E-state index contributed by atoms with van der Waals surface area (Å²) in [6, 6.07) is 24.1. The molecular formula is C26H20N4O5. The van der Waals surface area contributed by atoms with Crippen LogP contribution in [0.5, 0.6) is 0 Å². The molecule has 0 aliphatic rings. The Morgan fingerprint density at radius 2 is 1.40 bits per heavy atom. The van der Waals surface area contributed by atoms with Gasteiger partial charge in [0.2, 0.25) is 0 Å². The summed E-state index contributed by atoms with van der Waals surface area (Å²) in [5, 5.41) is 20.3. The smallest absolute Gasteiger partial charge is 0.322 e. The molecule has 3 aromatic carbocycles. The molecule has 0 fully saturated rings. The Balaban J connectivity index is 1.69. The molecule has 9 nitrogen and oxygen atoms in total. The molecule has 174 valence electrons. The minimum Gasteiger partial charge on any atom is -0.480 e. The van der Waals surface area contributed by atoms with Crippen molar-refractivity contribution >= 4 is 23.5 Å². The van der Waals surface area contributed by atoms with Crippen molar-refractivity contribution in [1.82, 2.24) is 15.5 Å². The Morgan fingerprint density at radius 1 is 0.800 bits per heavy atom. The molecule has 2 amide bonds. The molecule has 0 atom stereocenters. The summed E-state index contributed by atoms with van der Waals surface area (Å²) in [7, 11) is 0. The topological polar surface area (TPSA) is 141 Å². The number of carbonyl (C=O) groups is 3. The molecule has 0 spiro atoms. The lowest BCUT2D eigenvalue weighted by atomic mass is 9.95. The number of carbonyl (C=O) groups excluding carboxylic acids is 2. The number of aromatic amines is 1. The first-order valence-electron chi connectivity index (χ1n) is 10.6. The van der Waals surface area contributed by atoms with E-state index in [0.29, 0.717) is 22.5 Å². The Labute approximate surface area is 199 Å². The highest BCUT2D eigenvalue weighted by Gasteiger charge is 2.23. The van der Waals surface area contributed by atoms with E-state index in [-0.39, 0.29) is 11.1 Å². The van der Waals surface area contributed by atoms with Crippen molar-refractivity contribution in [2.75, 3.05) is 11.9 Å². The van der Waals surface area contributed by atoms with Crippen molar-refractivity contribution in [3.63, 3.8) is 0 Å². The number of rotatable bonds is 7. The van der Waals surface area contributed by atoms with Crippen molar-refractivity contribution < 1.29 is 19.5 Å². The number of aromatic nitrogens is 2. The largest absolute Gasteiger partial charge is 0.480 e. The van der Waals surface area contributed by atoms with Crippen LogP contribution >= 0.6 is 0 Å². The fourth-order valence-corrected chi connectivity index (χ4v) is 3.51. The summed E-state index contributed by atoms with van der Waals surface area (Å²) < 4.78 is 0. The maximum atomic E-state index is 13.3. The number of carboxylic acid groups (broad SMARTS) is 1. The van der Waals surface area contributed by atoms with Gasteiger partial charge in [-0.15, -0.1) is 0 Å². The van der Waals surface area contributed by atoms with Crippen LogP contribution in [0.1, 0.15) is 20.7 Å². The van der Waals surface area contributed by atoms with Gasteiger partial charge in [-0.1, -0.05) is 60.7 Å². The lowest BCUT2D eigenvalue weighted by Gasteiger charge is -2.14. The Morgan fingerprint density at radius 3 is 2.00 bits per heavy atom. The van der Waals surface area contributed by atoms with Gasteiger partial charge in [-0.2, -0.15) is 5.10 Å². The molecule has 9 heteroatoms. The molecule has 4 N–H and O–H groups in total. The van der Waals surface area contributed by atoms with Gasteiger partial charge >= 0.3 is 5.97 Å². The average molecular weight is 468 g/mol. The van der Waals surface area contributed by atoms with Crippen LogP contribution in [0, 0.1) is 0 Å². The van der Waals surface area contributed by atoms with Gasteiger partial charge in [0.05, 0.1) is 5.69 Å². The first-order chi connectivity index (χ1) is 16.9. The van der Waals surface area contributed by atoms with Crippen molar-refractivity contribution in [1.29, 1.82) is 0 Å². The van der Waals surface area contributed by atoms with Gasteiger partial charge in [-0.3, -0.25) is 19.2 Å². The van der Waals surface area contributed by atoms with Crippen LogP contribution in [0.15, 0.2) is 89.7 Å². The van der Waals surface area contributed by atoms with Crippen LogP contribution < -0.4 is 16.2 Å². The van der Waals surface area contributed by atoms with Crippen molar-refractivity contribution in [3.8, 4) is 22.4 Å². The van der Waals surface area contributed by atoms with Crippen LogP contribution in [0.25, 0.3) is 22.4 Å². The number of hydrogen-bond donors (Lipinski definition) is 4. The highest BCUT2D eigenvalue weighted by molar-refractivity contribution is 6.10. The van der Waals surface area contributed by atoms with Crippen LogP contribution in [0.3, 0.4) is 0 Å². The normalized spacial score (nSPS) is 10.4. The third-order valence-corrected chi connectivity index (χ3v) is 5.12. The van der Waals surface area contributed by atoms with Crippen LogP contribution in [-0.4, -0.2) is 39.6 Å². The second-order valence-electron chi connectivity index (χ2n) is 7.49. The number of H-pyrrole nitrogens is 1. The Kier molecular flexibility index (Phi) is 6.78. The predicted octanol–water partition coefficient (Wildman–Crippen LogP) is 3.17. The Bertz CT molecular complexity index is 1430. The molecule has 0 aliphatic carbocycles. The van der Waals surface area contributed by atoms with E-state index >= 15 is 0 Å². The molecule has 0 aliphatic heterocycles. The second-order valence-corrected chi connectivity index (χ2v) is 7.49. The number of nitrogens with one attached hydrogen (secondary N) is 3.